The lowest BCUT2D eigenvalue weighted by Crippen LogP contribution is -2.31. The number of methoxy groups -OCH3 is 1. The van der Waals surface area contributed by atoms with E-state index in [1.165, 1.54) is 0 Å². The minimum atomic E-state index is -0.223. The molecule has 2 aromatic rings. The zero-order chi connectivity index (χ0) is 18.2. The second-order valence-corrected chi connectivity index (χ2v) is 5.98. The molecule has 5 nitrogen and oxygen atoms in total. The number of aryl methyl sites for hydroxylation is 2. The van der Waals surface area contributed by atoms with Gasteiger partial charge in [-0.25, -0.2) is 0 Å². The zero-order valence-electron chi connectivity index (χ0n) is 15.1. The van der Waals surface area contributed by atoms with Gasteiger partial charge in [-0.05, 0) is 37.1 Å². The number of hydrogen-bond acceptors (Lipinski definition) is 4. The minimum absolute atomic E-state index is 0.223. The Balaban J connectivity index is 1.78. The van der Waals surface area contributed by atoms with Gasteiger partial charge in [0, 0.05) is 37.0 Å². The molecule has 0 radical (unpaired) electrons. The Labute approximate surface area is 149 Å². The minimum Gasteiger partial charge on any atom is -0.496 e. The van der Waals surface area contributed by atoms with E-state index in [2.05, 4.69) is 22.2 Å². The van der Waals surface area contributed by atoms with Crippen molar-refractivity contribution in [2.75, 3.05) is 13.7 Å². The molecule has 0 fully saturated rings. The van der Waals surface area contributed by atoms with Crippen LogP contribution in [0.3, 0.4) is 0 Å². The first kappa shape index (κ1) is 18.5. The summed E-state index contributed by atoms with van der Waals surface area (Å²) in [6.07, 6.45) is 2.57. The van der Waals surface area contributed by atoms with Gasteiger partial charge in [-0.15, -0.1) is 0 Å². The van der Waals surface area contributed by atoms with Crippen LogP contribution in [0.4, 0.5) is 0 Å². The highest BCUT2D eigenvalue weighted by Crippen LogP contribution is 2.19. The summed E-state index contributed by atoms with van der Waals surface area (Å²) in [5.41, 5.74) is 4.50. The van der Waals surface area contributed by atoms with Gasteiger partial charge in [0.2, 0.25) is 0 Å². The van der Waals surface area contributed by atoms with Crippen LogP contribution in [-0.4, -0.2) is 24.5 Å². The van der Waals surface area contributed by atoms with Crippen LogP contribution in [0, 0.1) is 13.8 Å². The largest absolute Gasteiger partial charge is 0.496 e. The van der Waals surface area contributed by atoms with E-state index in [1.54, 1.807) is 7.11 Å². The molecular formula is C20H25N3O2. The third kappa shape index (κ3) is 5.64. The molecule has 0 saturated heterocycles. The molecule has 1 heterocycles. The second kappa shape index (κ2) is 8.87. The second-order valence-electron chi connectivity index (χ2n) is 5.98. The van der Waals surface area contributed by atoms with Gasteiger partial charge in [0.1, 0.15) is 5.75 Å². The van der Waals surface area contributed by atoms with Crippen molar-refractivity contribution in [2.24, 2.45) is 0 Å². The summed E-state index contributed by atoms with van der Waals surface area (Å²) in [4.78, 5) is 16.5. The van der Waals surface area contributed by atoms with E-state index < -0.39 is 0 Å². The first-order valence-electron chi connectivity index (χ1n) is 8.25. The van der Waals surface area contributed by atoms with E-state index in [4.69, 9.17) is 4.74 Å². The Kier molecular flexibility index (Phi) is 6.57. The molecule has 0 aliphatic carbocycles. The molecule has 2 N–H and O–H groups in total. The predicted octanol–water partition coefficient (Wildman–Crippen LogP) is 2.67. The van der Waals surface area contributed by atoms with E-state index in [0.29, 0.717) is 18.8 Å². The maximum absolute atomic E-state index is 12.1. The number of ether oxygens (including phenoxy) is 1. The molecule has 0 aliphatic rings. The van der Waals surface area contributed by atoms with E-state index in [0.717, 1.165) is 34.6 Å². The summed E-state index contributed by atoms with van der Waals surface area (Å²) < 4.78 is 5.34. The lowest BCUT2D eigenvalue weighted by atomic mass is 10.1. The molecule has 0 spiro atoms. The van der Waals surface area contributed by atoms with Crippen molar-refractivity contribution < 1.29 is 9.53 Å². The molecule has 1 aromatic heterocycles. The van der Waals surface area contributed by atoms with Crippen LogP contribution in [0.1, 0.15) is 22.4 Å². The lowest BCUT2D eigenvalue weighted by Gasteiger charge is -2.12. The monoisotopic (exact) mass is 339 g/mol. The summed E-state index contributed by atoms with van der Waals surface area (Å²) >= 11 is 0. The van der Waals surface area contributed by atoms with E-state index in [9.17, 15) is 4.79 Å². The number of pyridine rings is 1. The Morgan fingerprint density at radius 3 is 2.60 bits per heavy atom. The fourth-order valence-electron chi connectivity index (χ4n) is 2.35. The maximum atomic E-state index is 12.1. The number of hydrogen-bond donors (Lipinski definition) is 2. The van der Waals surface area contributed by atoms with Crippen LogP contribution in [0.15, 0.2) is 48.8 Å². The molecule has 0 bridgehead atoms. The molecular weight excluding hydrogens is 314 g/mol. The van der Waals surface area contributed by atoms with Gasteiger partial charge in [0.25, 0.3) is 5.91 Å². The number of rotatable bonds is 8. The van der Waals surface area contributed by atoms with Crippen LogP contribution in [0.25, 0.3) is 0 Å². The molecule has 0 unspecified atom stereocenters. The number of aromatic nitrogens is 1. The van der Waals surface area contributed by atoms with E-state index >= 15 is 0 Å². The van der Waals surface area contributed by atoms with Gasteiger partial charge in [-0.3, -0.25) is 9.78 Å². The molecule has 132 valence electrons. The Morgan fingerprint density at radius 2 is 1.92 bits per heavy atom. The van der Waals surface area contributed by atoms with Crippen LogP contribution >= 0.6 is 0 Å². The van der Waals surface area contributed by atoms with Crippen molar-refractivity contribution in [2.45, 2.75) is 26.8 Å². The standard InChI is InChI=1S/C20H25N3O2/c1-14-5-7-17(19(11-14)25-4)13-23-20(24)16(3)21-10-9-18-8-6-15(2)12-22-18/h5-8,11-12,21H,3,9-10,13H2,1-2,4H3,(H,23,24). The molecule has 5 heteroatoms. The quantitative estimate of drug-likeness (QED) is 0.726. The van der Waals surface area contributed by atoms with Crippen LogP contribution < -0.4 is 15.4 Å². The fourth-order valence-corrected chi connectivity index (χ4v) is 2.35. The van der Waals surface area contributed by atoms with Crippen LogP contribution in [0.2, 0.25) is 0 Å². The third-order valence-electron chi connectivity index (χ3n) is 3.85. The summed E-state index contributed by atoms with van der Waals surface area (Å²) in [5, 5.41) is 5.89. The number of amides is 1. The van der Waals surface area contributed by atoms with Gasteiger partial charge in [0.05, 0.1) is 12.8 Å². The van der Waals surface area contributed by atoms with E-state index in [-0.39, 0.29) is 5.91 Å². The van der Waals surface area contributed by atoms with Crippen molar-refractivity contribution in [1.82, 2.24) is 15.6 Å². The Bertz CT molecular complexity index is 739. The smallest absolute Gasteiger partial charge is 0.267 e. The summed E-state index contributed by atoms with van der Waals surface area (Å²) in [6, 6.07) is 9.91. The third-order valence-corrected chi connectivity index (χ3v) is 3.85. The van der Waals surface area contributed by atoms with Crippen LogP contribution in [-0.2, 0) is 17.8 Å². The summed E-state index contributed by atoms with van der Waals surface area (Å²) in [5.74, 6) is 0.545. The molecule has 1 amide bonds. The number of benzene rings is 1. The number of nitrogens with one attached hydrogen (secondary N) is 2. The highest BCUT2D eigenvalue weighted by Gasteiger charge is 2.09. The van der Waals surface area contributed by atoms with Gasteiger partial charge in [0.15, 0.2) is 0 Å². The van der Waals surface area contributed by atoms with Gasteiger partial charge in [-0.2, -0.15) is 0 Å². The van der Waals surface area contributed by atoms with Crippen molar-refractivity contribution in [3.8, 4) is 5.75 Å². The average molecular weight is 339 g/mol. The predicted molar refractivity (Wildman–Crippen MR) is 99.4 cm³/mol. The fraction of sp³-hybridized carbons (Fsp3) is 0.300. The molecule has 0 atom stereocenters. The van der Waals surface area contributed by atoms with Crippen molar-refractivity contribution in [1.29, 1.82) is 0 Å². The molecule has 1 aromatic carbocycles. The summed E-state index contributed by atoms with van der Waals surface area (Å²) in [6.45, 7) is 8.80. The highest BCUT2D eigenvalue weighted by atomic mass is 16.5. The average Bonchev–Trinajstić information content (AvgIpc) is 2.61. The van der Waals surface area contributed by atoms with Gasteiger partial charge in [-0.1, -0.05) is 24.8 Å². The molecule has 0 aliphatic heterocycles. The van der Waals surface area contributed by atoms with Gasteiger partial charge >= 0.3 is 0 Å². The topological polar surface area (TPSA) is 63.2 Å². The Morgan fingerprint density at radius 1 is 1.16 bits per heavy atom. The SMILES string of the molecule is C=C(NCCc1ccc(C)cn1)C(=O)NCc1ccc(C)cc1OC. The van der Waals surface area contributed by atoms with Crippen molar-refractivity contribution in [3.63, 3.8) is 0 Å². The first-order valence-corrected chi connectivity index (χ1v) is 8.25. The number of nitrogens with zero attached hydrogens (tertiary/aromatic N) is 1. The normalized spacial score (nSPS) is 10.2. The number of carbonyl (C=O) groups is 1. The molecule has 2 rings (SSSR count). The number of carbonyl (C=O) groups excluding carboxylic acids is 1. The first-order chi connectivity index (χ1) is 12.0. The maximum Gasteiger partial charge on any atom is 0.267 e. The van der Waals surface area contributed by atoms with Gasteiger partial charge < -0.3 is 15.4 Å². The summed E-state index contributed by atoms with van der Waals surface area (Å²) in [7, 11) is 1.62. The van der Waals surface area contributed by atoms with E-state index in [1.807, 2.05) is 50.4 Å². The Hall–Kier alpha value is -2.82. The molecule has 0 saturated carbocycles. The van der Waals surface area contributed by atoms with Crippen LogP contribution in [0.5, 0.6) is 5.75 Å². The van der Waals surface area contributed by atoms with Crippen molar-refractivity contribution in [3.05, 3.63) is 71.2 Å². The molecule has 25 heavy (non-hydrogen) atoms. The lowest BCUT2D eigenvalue weighted by molar-refractivity contribution is -0.118. The zero-order valence-corrected chi connectivity index (χ0v) is 15.1. The highest BCUT2D eigenvalue weighted by molar-refractivity contribution is 5.92. The van der Waals surface area contributed by atoms with Crippen molar-refractivity contribution >= 4 is 5.91 Å².